The standard InChI is InChI=1S/C8H16N4O/c1-3-13-5-4-9-6-8-10-7-12(2)11-8/h7,9H,3-6H2,1-2H3. The molecule has 0 radical (unpaired) electrons. The number of aryl methyl sites for hydroxylation is 1. The number of hydrogen-bond donors (Lipinski definition) is 1. The van der Waals surface area contributed by atoms with Crippen molar-refractivity contribution in [2.24, 2.45) is 7.05 Å². The van der Waals surface area contributed by atoms with Crippen molar-refractivity contribution in [3.05, 3.63) is 12.2 Å². The van der Waals surface area contributed by atoms with Gasteiger partial charge in [0.2, 0.25) is 0 Å². The zero-order valence-corrected chi connectivity index (χ0v) is 8.16. The summed E-state index contributed by atoms with van der Waals surface area (Å²) in [6, 6.07) is 0. The van der Waals surface area contributed by atoms with Crippen LogP contribution in [0.4, 0.5) is 0 Å². The summed E-state index contributed by atoms with van der Waals surface area (Å²) >= 11 is 0. The average molecular weight is 184 g/mol. The molecule has 0 aliphatic carbocycles. The number of rotatable bonds is 6. The Balaban J connectivity index is 2.06. The van der Waals surface area contributed by atoms with Crippen LogP contribution in [0.15, 0.2) is 6.33 Å². The molecule has 0 unspecified atom stereocenters. The number of nitrogens with one attached hydrogen (secondary N) is 1. The highest BCUT2D eigenvalue weighted by atomic mass is 16.5. The first-order chi connectivity index (χ1) is 6.33. The molecule has 5 nitrogen and oxygen atoms in total. The van der Waals surface area contributed by atoms with E-state index in [1.165, 1.54) is 0 Å². The summed E-state index contributed by atoms with van der Waals surface area (Å²) in [5, 5.41) is 7.32. The van der Waals surface area contributed by atoms with Crippen LogP contribution in [0, 0.1) is 0 Å². The number of ether oxygens (including phenoxy) is 1. The molecule has 1 aromatic rings. The normalized spacial score (nSPS) is 10.6. The van der Waals surface area contributed by atoms with Gasteiger partial charge in [-0.15, -0.1) is 0 Å². The fraction of sp³-hybridized carbons (Fsp3) is 0.750. The first-order valence-corrected chi connectivity index (χ1v) is 4.46. The highest BCUT2D eigenvalue weighted by molar-refractivity contribution is 4.79. The summed E-state index contributed by atoms with van der Waals surface area (Å²) in [5.74, 6) is 0.819. The van der Waals surface area contributed by atoms with Crippen molar-refractivity contribution in [3.63, 3.8) is 0 Å². The van der Waals surface area contributed by atoms with Gasteiger partial charge >= 0.3 is 0 Å². The quantitative estimate of drug-likeness (QED) is 0.629. The third-order valence-electron chi connectivity index (χ3n) is 1.56. The smallest absolute Gasteiger partial charge is 0.164 e. The first kappa shape index (κ1) is 10.1. The van der Waals surface area contributed by atoms with Gasteiger partial charge in [-0.1, -0.05) is 0 Å². The van der Waals surface area contributed by atoms with Gasteiger partial charge in [-0.3, -0.25) is 4.68 Å². The van der Waals surface area contributed by atoms with Gasteiger partial charge in [-0.25, -0.2) is 4.98 Å². The van der Waals surface area contributed by atoms with Crippen molar-refractivity contribution in [1.29, 1.82) is 0 Å². The number of hydrogen-bond acceptors (Lipinski definition) is 4. The van der Waals surface area contributed by atoms with Crippen molar-refractivity contribution in [3.8, 4) is 0 Å². The maximum absolute atomic E-state index is 5.17. The second kappa shape index (κ2) is 5.66. The lowest BCUT2D eigenvalue weighted by Crippen LogP contribution is -2.20. The molecule has 13 heavy (non-hydrogen) atoms. The molecule has 0 bridgehead atoms. The van der Waals surface area contributed by atoms with Crippen LogP contribution in [0.1, 0.15) is 12.7 Å². The predicted molar refractivity (Wildman–Crippen MR) is 49.2 cm³/mol. The highest BCUT2D eigenvalue weighted by Gasteiger charge is 1.96. The second-order valence-electron chi connectivity index (χ2n) is 2.71. The number of nitrogens with zero attached hydrogens (tertiary/aromatic N) is 3. The van der Waals surface area contributed by atoms with E-state index in [2.05, 4.69) is 15.4 Å². The van der Waals surface area contributed by atoms with Crippen LogP contribution in [0.5, 0.6) is 0 Å². The molecule has 0 aliphatic heterocycles. The van der Waals surface area contributed by atoms with Crippen LogP contribution < -0.4 is 5.32 Å². The fourth-order valence-corrected chi connectivity index (χ4v) is 0.954. The van der Waals surface area contributed by atoms with Gasteiger partial charge in [0.15, 0.2) is 5.82 Å². The zero-order chi connectivity index (χ0) is 9.52. The molecule has 0 fully saturated rings. The van der Waals surface area contributed by atoms with E-state index in [9.17, 15) is 0 Å². The van der Waals surface area contributed by atoms with E-state index < -0.39 is 0 Å². The maximum Gasteiger partial charge on any atom is 0.164 e. The minimum atomic E-state index is 0.702. The monoisotopic (exact) mass is 184 g/mol. The summed E-state index contributed by atoms with van der Waals surface area (Å²) in [7, 11) is 1.86. The Hall–Kier alpha value is -0.940. The second-order valence-corrected chi connectivity index (χ2v) is 2.71. The van der Waals surface area contributed by atoms with Gasteiger partial charge in [-0.05, 0) is 6.92 Å². The Kier molecular flexibility index (Phi) is 4.42. The van der Waals surface area contributed by atoms with Crippen molar-refractivity contribution in [1.82, 2.24) is 20.1 Å². The van der Waals surface area contributed by atoms with E-state index in [0.29, 0.717) is 6.54 Å². The molecule has 1 aromatic heterocycles. The topological polar surface area (TPSA) is 52.0 Å². The summed E-state index contributed by atoms with van der Waals surface area (Å²) in [6.07, 6.45) is 1.69. The fourth-order valence-electron chi connectivity index (χ4n) is 0.954. The van der Waals surface area contributed by atoms with E-state index in [-0.39, 0.29) is 0 Å². The van der Waals surface area contributed by atoms with Gasteiger partial charge in [-0.2, -0.15) is 5.10 Å². The Bertz CT molecular complexity index is 236. The van der Waals surface area contributed by atoms with Gasteiger partial charge in [0.25, 0.3) is 0 Å². The summed E-state index contributed by atoms with van der Waals surface area (Å²) in [4.78, 5) is 4.08. The molecule has 0 saturated carbocycles. The molecular formula is C8H16N4O. The molecular weight excluding hydrogens is 168 g/mol. The third-order valence-corrected chi connectivity index (χ3v) is 1.56. The molecule has 0 aliphatic rings. The molecule has 0 spiro atoms. The van der Waals surface area contributed by atoms with Crippen LogP contribution in [0.3, 0.4) is 0 Å². The van der Waals surface area contributed by atoms with E-state index in [1.807, 2.05) is 14.0 Å². The Morgan fingerprint density at radius 1 is 1.62 bits per heavy atom. The lowest BCUT2D eigenvalue weighted by molar-refractivity contribution is 0.149. The summed E-state index contributed by atoms with van der Waals surface area (Å²) in [5.41, 5.74) is 0. The van der Waals surface area contributed by atoms with E-state index in [0.717, 1.165) is 25.6 Å². The van der Waals surface area contributed by atoms with Crippen LogP contribution in [0.25, 0.3) is 0 Å². The Morgan fingerprint density at radius 3 is 3.08 bits per heavy atom. The van der Waals surface area contributed by atoms with Gasteiger partial charge < -0.3 is 10.1 Å². The van der Waals surface area contributed by atoms with Crippen molar-refractivity contribution in [2.75, 3.05) is 19.8 Å². The Labute approximate surface area is 78.1 Å². The SMILES string of the molecule is CCOCCNCc1ncn(C)n1. The lowest BCUT2D eigenvalue weighted by atomic mass is 10.5. The minimum Gasteiger partial charge on any atom is -0.380 e. The van der Waals surface area contributed by atoms with E-state index >= 15 is 0 Å². The molecule has 0 aromatic carbocycles. The molecule has 1 N–H and O–H groups in total. The molecule has 74 valence electrons. The van der Waals surface area contributed by atoms with Gasteiger partial charge in [0, 0.05) is 20.2 Å². The van der Waals surface area contributed by atoms with Crippen LogP contribution in [-0.2, 0) is 18.3 Å². The summed E-state index contributed by atoms with van der Waals surface area (Å²) < 4.78 is 6.86. The maximum atomic E-state index is 5.17. The molecule has 1 heterocycles. The van der Waals surface area contributed by atoms with Crippen molar-refractivity contribution in [2.45, 2.75) is 13.5 Å². The zero-order valence-electron chi connectivity index (χ0n) is 8.16. The van der Waals surface area contributed by atoms with E-state index in [4.69, 9.17) is 4.74 Å². The lowest BCUT2D eigenvalue weighted by Gasteiger charge is -2.01. The molecule has 0 atom stereocenters. The average Bonchev–Trinajstić information content (AvgIpc) is 2.51. The molecule has 0 saturated heterocycles. The van der Waals surface area contributed by atoms with E-state index in [1.54, 1.807) is 11.0 Å². The Morgan fingerprint density at radius 2 is 2.46 bits per heavy atom. The van der Waals surface area contributed by atoms with Crippen LogP contribution in [0.2, 0.25) is 0 Å². The van der Waals surface area contributed by atoms with Crippen LogP contribution >= 0.6 is 0 Å². The van der Waals surface area contributed by atoms with Crippen LogP contribution in [-0.4, -0.2) is 34.5 Å². The van der Waals surface area contributed by atoms with Crippen molar-refractivity contribution >= 4 is 0 Å². The van der Waals surface area contributed by atoms with Gasteiger partial charge in [0.05, 0.1) is 13.2 Å². The summed E-state index contributed by atoms with van der Waals surface area (Å²) in [6.45, 7) is 5.03. The molecule has 0 amide bonds. The largest absolute Gasteiger partial charge is 0.380 e. The predicted octanol–water partition coefficient (Wildman–Crippen LogP) is -0.0588. The van der Waals surface area contributed by atoms with Crippen molar-refractivity contribution < 1.29 is 4.74 Å². The molecule has 1 rings (SSSR count). The highest BCUT2D eigenvalue weighted by Crippen LogP contribution is 1.85. The number of aromatic nitrogens is 3. The minimum absolute atomic E-state index is 0.702. The van der Waals surface area contributed by atoms with Gasteiger partial charge in [0.1, 0.15) is 6.33 Å². The third kappa shape index (κ3) is 4.00. The first-order valence-electron chi connectivity index (χ1n) is 4.46. The molecule has 5 heteroatoms.